The fourth-order valence-corrected chi connectivity index (χ4v) is 2.04. The molecular weight excluding hydrogens is 226 g/mol. The first-order valence-corrected chi connectivity index (χ1v) is 5.33. The van der Waals surface area contributed by atoms with Gasteiger partial charge in [0.2, 0.25) is 0 Å². The Hall–Kier alpha value is -1.95. The fourth-order valence-electron chi connectivity index (χ4n) is 1.17. The highest BCUT2D eigenvalue weighted by Gasteiger charge is 2.06. The van der Waals surface area contributed by atoms with E-state index in [4.69, 9.17) is 5.73 Å². The summed E-state index contributed by atoms with van der Waals surface area (Å²) < 4.78 is 0. The van der Waals surface area contributed by atoms with E-state index < -0.39 is 11.0 Å². The van der Waals surface area contributed by atoms with Gasteiger partial charge in [0.15, 0.2) is 0 Å². The van der Waals surface area contributed by atoms with Gasteiger partial charge in [-0.05, 0) is 12.1 Å². The van der Waals surface area contributed by atoms with E-state index >= 15 is 0 Å². The number of hydrogen-bond acceptors (Lipinski definition) is 4. The second kappa shape index (κ2) is 4.28. The third kappa shape index (κ3) is 2.01. The molecule has 0 spiro atoms. The third-order valence-electron chi connectivity index (χ3n) is 1.96. The molecule has 5 nitrogen and oxygen atoms in total. The highest BCUT2D eigenvalue weighted by atomic mass is 32.2. The van der Waals surface area contributed by atoms with E-state index in [-0.39, 0.29) is 0 Å². The second-order valence-corrected chi connectivity index (χ2v) is 4.16. The van der Waals surface area contributed by atoms with Crippen LogP contribution in [0, 0.1) is 0 Å². The van der Waals surface area contributed by atoms with Crippen molar-refractivity contribution < 1.29 is 0 Å². The maximum absolute atomic E-state index is 11.5. The van der Waals surface area contributed by atoms with Crippen LogP contribution in [0.3, 0.4) is 0 Å². The lowest BCUT2D eigenvalue weighted by atomic mass is 10.3. The van der Waals surface area contributed by atoms with Gasteiger partial charge in [0.1, 0.15) is 0 Å². The summed E-state index contributed by atoms with van der Waals surface area (Å²) in [4.78, 5) is 23.6. The first kappa shape index (κ1) is 10.6. The Balaban J connectivity index is 2.43. The van der Waals surface area contributed by atoms with Gasteiger partial charge in [-0.15, -0.1) is 0 Å². The molecule has 1 aromatic heterocycles. The van der Waals surface area contributed by atoms with Crippen LogP contribution in [0.2, 0.25) is 0 Å². The first-order chi connectivity index (χ1) is 7.68. The Bertz CT molecular complexity index is 618. The van der Waals surface area contributed by atoms with E-state index in [1.165, 1.54) is 18.0 Å². The van der Waals surface area contributed by atoms with Crippen LogP contribution in [0.25, 0.3) is 0 Å². The molecule has 1 heterocycles. The Morgan fingerprint density at radius 1 is 1.12 bits per heavy atom. The zero-order valence-electron chi connectivity index (χ0n) is 8.19. The molecule has 0 aliphatic carbocycles. The van der Waals surface area contributed by atoms with Gasteiger partial charge >= 0.3 is 5.56 Å². The number of aromatic nitrogens is 2. The Morgan fingerprint density at radius 2 is 1.88 bits per heavy atom. The zero-order chi connectivity index (χ0) is 11.5. The Morgan fingerprint density at radius 3 is 2.62 bits per heavy atom. The van der Waals surface area contributed by atoms with E-state index in [0.29, 0.717) is 10.6 Å². The molecular formula is C10H9N3O2S. The van der Waals surface area contributed by atoms with Crippen molar-refractivity contribution >= 4 is 17.4 Å². The average molecular weight is 235 g/mol. The van der Waals surface area contributed by atoms with Crippen LogP contribution in [0.1, 0.15) is 0 Å². The number of rotatable bonds is 2. The summed E-state index contributed by atoms with van der Waals surface area (Å²) in [5.41, 5.74) is 5.08. The van der Waals surface area contributed by atoms with Gasteiger partial charge in [0, 0.05) is 16.8 Å². The highest BCUT2D eigenvalue weighted by Crippen LogP contribution is 2.28. The number of anilines is 1. The van der Waals surface area contributed by atoms with Crippen LogP contribution >= 0.6 is 11.8 Å². The van der Waals surface area contributed by atoms with Crippen molar-refractivity contribution in [2.24, 2.45) is 0 Å². The molecule has 0 aliphatic rings. The van der Waals surface area contributed by atoms with E-state index in [2.05, 4.69) is 10.2 Å². The van der Waals surface area contributed by atoms with Crippen LogP contribution in [-0.2, 0) is 0 Å². The summed E-state index contributed by atoms with van der Waals surface area (Å²) in [6, 6.07) is 7.16. The number of nitrogens with two attached hydrogens (primary N) is 1. The molecule has 1 aromatic carbocycles. The Kier molecular flexibility index (Phi) is 2.82. The normalized spacial score (nSPS) is 10.2. The van der Waals surface area contributed by atoms with Crippen molar-refractivity contribution in [1.82, 2.24) is 10.2 Å². The number of benzene rings is 1. The molecule has 0 radical (unpaired) electrons. The third-order valence-corrected chi connectivity index (χ3v) is 3.07. The predicted molar refractivity (Wildman–Crippen MR) is 62.7 cm³/mol. The molecule has 0 saturated carbocycles. The van der Waals surface area contributed by atoms with Gasteiger partial charge < -0.3 is 10.8 Å². The molecule has 2 aromatic rings. The molecule has 6 heteroatoms. The molecule has 82 valence electrons. The summed E-state index contributed by atoms with van der Waals surface area (Å²) in [6.45, 7) is 0. The smallest absolute Gasteiger partial charge is 0.311 e. The SMILES string of the molecule is Nc1ccccc1Sc1c[nH][nH]c(=O)c1=O. The molecule has 16 heavy (non-hydrogen) atoms. The van der Waals surface area contributed by atoms with Crippen molar-refractivity contribution in [1.29, 1.82) is 0 Å². The van der Waals surface area contributed by atoms with Crippen molar-refractivity contribution in [2.75, 3.05) is 5.73 Å². The van der Waals surface area contributed by atoms with Gasteiger partial charge in [-0.2, -0.15) is 0 Å². The summed E-state index contributed by atoms with van der Waals surface area (Å²) in [5.74, 6) is 0. The number of aromatic amines is 2. The number of nitrogen functional groups attached to an aromatic ring is 1. The minimum atomic E-state index is -0.667. The van der Waals surface area contributed by atoms with Crippen LogP contribution in [0.15, 0.2) is 49.8 Å². The van der Waals surface area contributed by atoms with Crippen LogP contribution in [-0.4, -0.2) is 10.2 Å². The van der Waals surface area contributed by atoms with Gasteiger partial charge in [-0.3, -0.25) is 14.7 Å². The zero-order valence-corrected chi connectivity index (χ0v) is 9.01. The number of hydrogen-bond donors (Lipinski definition) is 3. The number of H-pyrrole nitrogens is 2. The quantitative estimate of drug-likeness (QED) is 0.530. The van der Waals surface area contributed by atoms with Crippen LogP contribution in [0.4, 0.5) is 5.69 Å². The summed E-state index contributed by atoms with van der Waals surface area (Å²) in [6.07, 6.45) is 1.45. The van der Waals surface area contributed by atoms with E-state index in [1.54, 1.807) is 18.2 Å². The Labute approximate surface area is 94.7 Å². The molecule has 0 bridgehead atoms. The second-order valence-electron chi connectivity index (χ2n) is 3.08. The molecule has 4 N–H and O–H groups in total. The minimum absolute atomic E-state index is 0.321. The maximum Gasteiger partial charge on any atom is 0.311 e. The standard InChI is InChI=1S/C10H9N3O2S/c11-6-3-1-2-4-7(6)16-8-5-12-13-10(15)9(8)14/h1-5H,11H2,(H,12,14)(H,13,15). The van der Waals surface area contributed by atoms with Crippen LogP contribution in [0.5, 0.6) is 0 Å². The summed E-state index contributed by atoms with van der Waals surface area (Å²) in [5, 5.41) is 4.71. The predicted octanol–water partition coefficient (Wildman–Crippen LogP) is 0.797. The van der Waals surface area contributed by atoms with Gasteiger partial charge in [-0.25, -0.2) is 0 Å². The monoisotopic (exact) mass is 235 g/mol. The topological polar surface area (TPSA) is 91.7 Å². The van der Waals surface area contributed by atoms with Crippen molar-refractivity contribution in [3.05, 3.63) is 51.0 Å². The van der Waals surface area contributed by atoms with Crippen molar-refractivity contribution in [2.45, 2.75) is 9.79 Å². The largest absolute Gasteiger partial charge is 0.398 e. The molecule has 0 amide bonds. The van der Waals surface area contributed by atoms with Crippen LogP contribution < -0.4 is 16.7 Å². The molecule has 0 aliphatic heterocycles. The highest BCUT2D eigenvalue weighted by molar-refractivity contribution is 7.99. The molecule has 0 atom stereocenters. The summed E-state index contributed by atoms with van der Waals surface area (Å²) >= 11 is 1.17. The minimum Gasteiger partial charge on any atom is -0.398 e. The molecule has 0 fully saturated rings. The van der Waals surface area contributed by atoms with E-state index in [0.717, 1.165) is 4.90 Å². The number of para-hydroxylation sites is 1. The van der Waals surface area contributed by atoms with E-state index in [1.807, 2.05) is 6.07 Å². The molecule has 2 rings (SSSR count). The lowest BCUT2D eigenvalue weighted by Gasteiger charge is -2.03. The van der Waals surface area contributed by atoms with Gasteiger partial charge in [0.25, 0.3) is 5.43 Å². The lowest BCUT2D eigenvalue weighted by Crippen LogP contribution is -2.28. The first-order valence-electron chi connectivity index (χ1n) is 4.51. The van der Waals surface area contributed by atoms with Crippen molar-refractivity contribution in [3.8, 4) is 0 Å². The maximum atomic E-state index is 11.5. The summed E-state index contributed by atoms with van der Waals surface area (Å²) in [7, 11) is 0. The van der Waals surface area contributed by atoms with Gasteiger partial charge in [0.05, 0.1) is 4.90 Å². The molecule has 0 unspecified atom stereocenters. The lowest BCUT2D eigenvalue weighted by molar-refractivity contribution is 0.933. The van der Waals surface area contributed by atoms with E-state index in [9.17, 15) is 9.59 Å². The number of nitrogens with one attached hydrogen (secondary N) is 2. The average Bonchev–Trinajstić information content (AvgIpc) is 2.28. The van der Waals surface area contributed by atoms with Gasteiger partial charge in [-0.1, -0.05) is 23.9 Å². The molecule has 0 saturated heterocycles. The van der Waals surface area contributed by atoms with Crippen molar-refractivity contribution in [3.63, 3.8) is 0 Å². The fraction of sp³-hybridized carbons (Fsp3) is 0.